The van der Waals surface area contributed by atoms with Crippen molar-refractivity contribution in [2.75, 3.05) is 0 Å². The Morgan fingerprint density at radius 2 is 1.47 bits per heavy atom. The van der Waals surface area contributed by atoms with Crippen LogP contribution in [-0.4, -0.2) is 0 Å². The zero-order chi connectivity index (χ0) is 22.7. The van der Waals surface area contributed by atoms with Gasteiger partial charge in [-0.3, -0.25) is 0 Å². The SMILES string of the molecule is C=CCCc1cc(F)c(-c2ccc3c(F)c(CCc4ccc(Cl)cc4)ccc3c2)c(F)c1. The van der Waals surface area contributed by atoms with Gasteiger partial charge in [-0.25, -0.2) is 13.2 Å². The van der Waals surface area contributed by atoms with E-state index in [1.165, 1.54) is 12.1 Å². The molecule has 0 amide bonds. The average molecular weight is 451 g/mol. The minimum atomic E-state index is -0.622. The van der Waals surface area contributed by atoms with Gasteiger partial charge in [0.2, 0.25) is 0 Å². The molecular formula is C28H22ClF3. The third-order valence-electron chi connectivity index (χ3n) is 5.66. The molecule has 0 N–H and O–H groups in total. The molecular weight excluding hydrogens is 429 g/mol. The van der Waals surface area contributed by atoms with Gasteiger partial charge in [-0.2, -0.15) is 0 Å². The second-order valence-electron chi connectivity index (χ2n) is 7.86. The summed E-state index contributed by atoms with van der Waals surface area (Å²) in [4.78, 5) is 0. The van der Waals surface area contributed by atoms with Crippen LogP contribution in [0.2, 0.25) is 5.02 Å². The lowest BCUT2D eigenvalue weighted by Gasteiger charge is -2.11. The van der Waals surface area contributed by atoms with Gasteiger partial charge in [0.15, 0.2) is 0 Å². The molecule has 0 aromatic heterocycles. The first-order valence-corrected chi connectivity index (χ1v) is 10.9. The van der Waals surface area contributed by atoms with Gasteiger partial charge < -0.3 is 0 Å². The highest BCUT2D eigenvalue weighted by Crippen LogP contribution is 2.32. The monoisotopic (exact) mass is 450 g/mol. The minimum Gasteiger partial charge on any atom is -0.206 e. The summed E-state index contributed by atoms with van der Waals surface area (Å²) in [6.07, 6.45) is 4.12. The number of aryl methyl sites for hydroxylation is 3. The largest absolute Gasteiger partial charge is 0.206 e. The van der Waals surface area contributed by atoms with Gasteiger partial charge in [0.25, 0.3) is 0 Å². The number of hydrogen-bond acceptors (Lipinski definition) is 0. The number of allylic oxidation sites excluding steroid dienone is 1. The van der Waals surface area contributed by atoms with Crippen LogP contribution in [-0.2, 0) is 19.3 Å². The molecule has 162 valence electrons. The van der Waals surface area contributed by atoms with Crippen LogP contribution in [0.5, 0.6) is 0 Å². The summed E-state index contributed by atoms with van der Waals surface area (Å²) in [5.74, 6) is -1.55. The van der Waals surface area contributed by atoms with Gasteiger partial charge in [0, 0.05) is 10.4 Å². The van der Waals surface area contributed by atoms with Crippen LogP contribution in [0, 0.1) is 17.5 Å². The predicted molar refractivity (Wildman–Crippen MR) is 127 cm³/mol. The molecule has 0 aliphatic heterocycles. The highest BCUT2D eigenvalue weighted by Gasteiger charge is 2.15. The smallest absolute Gasteiger partial charge is 0.134 e. The molecule has 0 radical (unpaired) electrons. The zero-order valence-corrected chi connectivity index (χ0v) is 18.2. The van der Waals surface area contributed by atoms with E-state index in [1.807, 2.05) is 24.3 Å². The first-order valence-electron chi connectivity index (χ1n) is 10.5. The topological polar surface area (TPSA) is 0 Å². The molecule has 0 heterocycles. The van der Waals surface area contributed by atoms with E-state index < -0.39 is 11.6 Å². The molecule has 0 saturated heterocycles. The Morgan fingerprint density at radius 1 is 0.750 bits per heavy atom. The third kappa shape index (κ3) is 4.73. The van der Waals surface area contributed by atoms with Crippen LogP contribution in [0.15, 0.2) is 79.4 Å². The second-order valence-corrected chi connectivity index (χ2v) is 8.30. The van der Waals surface area contributed by atoms with E-state index in [2.05, 4.69) is 6.58 Å². The summed E-state index contributed by atoms with van der Waals surface area (Å²) < 4.78 is 44.5. The summed E-state index contributed by atoms with van der Waals surface area (Å²) in [6.45, 7) is 3.64. The van der Waals surface area contributed by atoms with Crippen LogP contribution >= 0.6 is 11.6 Å². The van der Waals surface area contributed by atoms with Crippen molar-refractivity contribution in [3.8, 4) is 11.1 Å². The first kappa shape index (κ1) is 22.2. The van der Waals surface area contributed by atoms with Crippen molar-refractivity contribution < 1.29 is 13.2 Å². The van der Waals surface area contributed by atoms with E-state index in [4.69, 9.17) is 11.6 Å². The van der Waals surface area contributed by atoms with Crippen molar-refractivity contribution in [1.29, 1.82) is 0 Å². The van der Waals surface area contributed by atoms with Crippen LogP contribution in [0.4, 0.5) is 13.2 Å². The predicted octanol–water partition coefficient (Wildman–Crippen LogP) is 8.48. The molecule has 32 heavy (non-hydrogen) atoms. The number of fused-ring (bicyclic) bond motifs is 1. The standard InChI is InChI=1S/C28H22ClF3/c1-2-3-4-19-15-25(30)27(26(31)16-19)22-11-14-24-21(17-22)10-9-20(28(24)32)8-5-18-6-12-23(29)13-7-18/h2,6-7,9-17H,1,3-5,8H2. The Hall–Kier alpha value is -3.04. The lowest BCUT2D eigenvalue weighted by atomic mass is 9.96. The van der Waals surface area contributed by atoms with Crippen LogP contribution in [0.1, 0.15) is 23.1 Å². The van der Waals surface area contributed by atoms with Gasteiger partial charge in [0.1, 0.15) is 17.5 Å². The van der Waals surface area contributed by atoms with E-state index in [0.29, 0.717) is 58.2 Å². The van der Waals surface area contributed by atoms with Gasteiger partial charge in [-0.05, 0) is 83.7 Å². The maximum Gasteiger partial charge on any atom is 0.134 e. The van der Waals surface area contributed by atoms with E-state index in [0.717, 1.165) is 5.56 Å². The van der Waals surface area contributed by atoms with Gasteiger partial charge in [-0.1, -0.05) is 54.1 Å². The molecule has 0 aliphatic rings. The highest BCUT2D eigenvalue weighted by atomic mass is 35.5. The molecule has 0 nitrogen and oxygen atoms in total. The van der Waals surface area contributed by atoms with Gasteiger partial charge >= 0.3 is 0 Å². The molecule has 4 aromatic carbocycles. The number of hydrogen-bond donors (Lipinski definition) is 0. The quantitative estimate of drug-likeness (QED) is 0.248. The lowest BCUT2D eigenvalue weighted by Crippen LogP contribution is -1.97. The fourth-order valence-electron chi connectivity index (χ4n) is 3.93. The minimum absolute atomic E-state index is 0.0959. The van der Waals surface area contributed by atoms with Crippen LogP contribution < -0.4 is 0 Å². The molecule has 4 heteroatoms. The summed E-state index contributed by atoms with van der Waals surface area (Å²) in [5, 5.41) is 1.70. The molecule has 0 fully saturated rings. The van der Waals surface area contributed by atoms with Crippen molar-refractivity contribution in [2.24, 2.45) is 0 Å². The summed E-state index contributed by atoms with van der Waals surface area (Å²) >= 11 is 5.91. The Bertz CT molecular complexity index is 1250. The van der Waals surface area contributed by atoms with E-state index >= 15 is 4.39 Å². The first-order chi connectivity index (χ1) is 15.5. The summed E-state index contributed by atoms with van der Waals surface area (Å²) in [7, 11) is 0. The molecule has 4 rings (SSSR count). The van der Waals surface area contributed by atoms with Crippen molar-refractivity contribution in [3.05, 3.63) is 119 Å². The maximum absolute atomic E-state index is 15.1. The zero-order valence-electron chi connectivity index (χ0n) is 17.5. The molecule has 0 unspecified atom stereocenters. The molecule has 0 spiro atoms. The van der Waals surface area contributed by atoms with Crippen LogP contribution in [0.25, 0.3) is 21.9 Å². The maximum atomic E-state index is 15.1. The Morgan fingerprint density at radius 3 is 2.16 bits per heavy atom. The highest BCUT2D eigenvalue weighted by molar-refractivity contribution is 6.30. The number of rotatable bonds is 7. The summed E-state index contributed by atoms with van der Waals surface area (Å²) in [5.41, 5.74) is 2.55. The Labute approximate surface area is 191 Å². The lowest BCUT2D eigenvalue weighted by molar-refractivity contribution is 0.586. The van der Waals surface area contributed by atoms with Gasteiger partial charge in [-0.15, -0.1) is 6.58 Å². The van der Waals surface area contributed by atoms with E-state index in [-0.39, 0.29) is 11.4 Å². The molecule has 0 atom stereocenters. The Balaban J connectivity index is 1.62. The van der Waals surface area contributed by atoms with E-state index in [1.54, 1.807) is 36.4 Å². The van der Waals surface area contributed by atoms with Crippen molar-refractivity contribution >= 4 is 22.4 Å². The second kappa shape index (κ2) is 9.62. The molecule has 0 saturated carbocycles. The third-order valence-corrected chi connectivity index (χ3v) is 5.91. The van der Waals surface area contributed by atoms with Crippen molar-refractivity contribution in [2.45, 2.75) is 25.7 Å². The van der Waals surface area contributed by atoms with E-state index in [9.17, 15) is 8.78 Å². The number of benzene rings is 4. The normalized spacial score (nSPS) is 11.1. The molecule has 0 aliphatic carbocycles. The fraction of sp³-hybridized carbons (Fsp3) is 0.143. The van der Waals surface area contributed by atoms with Crippen molar-refractivity contribution in [1.82, 2.24) is 0 Å². The van der Waals surface area contributed by atoms with Gasteiger partial charge in [0.05, 0.1) is 5.56 Å². The average Bonchev–Trinajstić information content (AvgIpc) is 2.78. The molecule has 0 bridgehead atoms. The number of halogens is 4. The van der Waals surface area contributed by atoms with Crippen molar-refractivity contribution in [3.63, 3.8) is 0 Å². The summed E-state index contributed by atoms with van der Waals surface area (Å²) in [6, 6.07) is 18.5. The fourth-order valence-corrected chi connectivity index (χ4v) is 4.06. The van der Waals surface area contributed by atoms with Crippen LogP contribution in [0.3, 0.4) is 0 Å². The Kier molecular flexibility index (Phi) is 6.66. The molecule has 4 aromatic rings.